The number of nitrogens with one attached hydrogen (secondary N) is 1. The molecule has 3 saturated heterocycles. The smallest absolute Gasteiger partial charge is 0.303 e. The summed E-state index contributed by atoms with van der Waals surface area (Å²) in [7, 11) is 1.44. The summed E-state index contributed by atoms with van der Waals surface area (Å²) in [6.07, 6.45) is -1.17. The summed E-state index contributed by atoms with van der Waals surface area (Å²) in [4.78, 5) is 43.3. The van der Waals surface area contributed by atoms with Crippen LogP contribution in [0.5, 0.6) is 0 Å². The molecule has 6 atom stereocenters. The van der Waals surface area contributed by atoms with E-state index in [4.69, 9.17) is 14.3 Å². The predicted octanol–water partition coefficient (Wildman–Crippen LogP) is 0.297. The van der Waals surface area contributed by atoms with Crippen LogP contribution in [-0.4, -0.2) is 49.8 Å². The highest BCUT2D eigenvalue weighted by Gasteiger charge is 2.69. The fourth-order valence-corrected chi connectivity index (χ4v) is 5.44. The van der Waals surface area contributed by atoms with Crippen LogP contribution in [-0.2, 0) is 34.1 Å². The molecule has 1 aliphatic carbocycles. The van der Waals surface area contributed by atoms with E-state index in [0.717, 1.165) is 5.56 Å². The standard InChI is InChI=1S/C19H20N2O6/c1-9(22)27-15-14-10-8-26-16(15)19(7-12(10)20-17(14)23)11-5-3-4-6-13(11)21(25-2)18(19)24/h3-6,10,12,14-16H,7-8H2,1-2H3,(H,20,23). The van der Waals surface area contributed by atoms with Crippen LogP contribution in [0.1, 0.15) is 18.9 Å². The van der Waals surface area contributed by atoms with Gasteiger partial charge >= 0.3 is 5.97 Å². The van der Waals surface area contributed by atoms with Gasteiger partial charge in [0.05, 0.1) is 25.3 Å². The number of carbonyl (C=O) groups is 3. The molecule has 6 rings (SSSR count). The molecule has 2 amide bonds. The molecule has 4 fully saturated rings. The topological polar surface area (TPSA) is 94.2 Å². The van der Waals surface area contributed by atoms with Crippen LogP contribution >= 0.6 is 0 Å². The minimum atomic E-state index is -1.07. The molecule has 1 spiro atoms. The Bertz CT molecular complexity index is 856. The second-order valence-electron chi connectivity index (χ2n) is 7.61. The molecule has 0 radical (unpaired) electrons. The van der Waals surface area contributed by atoms with Gasteiger partial charge in [0, 0.05) is 18.9 Å². The van der Waals surface area contributed by atoms with Crippen LogP contribution < -0.4 is 10.4 Å². The maximum Gasteiger partial charge on any atom is 0.303 e. The lowest BCUT2D eigenvalue weighted by atomic mass is 9.70. The Labute approximate surface area is 155 Å². The van der Waals surface area contributed by atoms with Crippen molar-refractivity contribution in [2.75, 3.05) is 18.8 Å². The third-order valence-electron chi connectivity index (χ3n) is 6.41. The maximum atomic E-state index is 13.6. The number of rotatable bonds is 2. The number of hydroxylamine groups is 1. The van der Waals surface area contributed by atoms with E-state index in [1.165, 1.54) is 19.1 Å². The molecule has 4 heterocycles. The molecule has 4 aliphatic heterocycles. The van der Waals surface area contributed by atoms with Crippen molar-refractivity contribution in [2.24, 2.45) is 11.8 Å². The van der Waals surface area contributed by atoms with Crippen molar-refractivity contribution in [3.05, 3.63) is 29.8 Å². The molecular weight excluding hydrogens is 352 g/mol. The van der Waals surface area contributed by atoms with E-state index in [1.807, 2.05) is 24.3 Å². The van der Waals surface area contributed by atoms with E-state index in [-0.39, 0.29) is 23.8 Å². The van der Waals surface area contributed by atoms with Crippen molar-refractivity contribution in [2.45, 2.75) is 37.0 Å². The lowest BCUT2D eigenvalue weighted by molar-refractivity contribution is -0.185. The summed E-state index contributed by atoms with van der Waals surface area (Å²) in [5, 5.41) is 4.28. The second-order valence-corrected chi connectivity index (χ2v) is 7.61. The average molecular weight is 372 g/mol. The van der Waals surface area contributed by atoms with E-state index < -0.39 is 29.5 Å². The third kappa shape index (κ3) is 1.97. The van der Waals surface area contributed by atoms with Gasteiger partial charge < -0.3 is 14.8 Å². The van der Waals surface area contributed by atoms with E-state index in [9.17, 15) is 14.4 Å². The van der Waals surface area contributed by atoms with Crippen LogP contribution in [0.4, 0.5) is 5.69 Å². The van der Waals surface area contributed by atoms with Crippen molar-refractivity contribution in [1.82, 2.24) is 5.32 Å². The quantitative estimate of drug-likeness (QED) is 0.751. The highest BCUT2D eigenvalue weighted by Crippen LogP contribution is 2.56. The molecule has 27 heavy (non-hydrogen) atoms. The molecule has 5 aliphatic rings. The predicted molar refractivity (Wildman–Crippen MR) is 91.4 cm³/mol. The number of hydrogen-bond acceptors (Lipinski definition) is 6. The fourth-order valence-electron chi connectivity index (χ4n) is 5.44. The highest BCUT2D eigenvalue weighted by atomic mass is 16.7. The highest BCUT2D eigenvalue weighted by molar-refractivity contribution is 6.07. The van der Waals surface area contributed by atoms with Gasteiger partial charge in [-0.3, -0.25) is 19.2 Å². The Morgan fingerprint density at radius 3 is 2.85 bits per heavy atom. The van der Waals surface area contributed by atoms with Crippen LogP contribution in [0.15, 0.2) is 24.3 Å². The zero-order valence-corrected chi connectivity index (χ0v) is 15.0. The lowest BCUT2D eigenvalue weighted by Crippen LogP contribution is -2.60. The lowest BCUT2D eigenvalue weighted by Gasteiger charge is -2.42. The van der Waals surface area contributed by atoms with Gasteiger partial charge in [0.2, 0.25) is 5.91 Å². The molecule has 1 aromatic rings. The number of anilines is 1. The minimum absolute atomic E-state index is 0.131. The van der Waals surface area contributed by atoms with Crippen LogP contribution in [0, 0.1) is 11.8 Å². The molecule has 1 saturated carbocycles. The van der Waals surface area contributed by atoms with Crippen LogP contribution in [0.2, 0.25) is 0 Å². The summed E-state index contributed by atoms with van der Waals surface area (Å²) in [5.74, 6) is -1.52. The largest absolute Gasteiger partial charge is 0.459 e. The molecule has 1 aromatic carbocycles. The van der Waals surface area contributed by atoms with E-state index in [2.05, 4.69) is 5.32 Å². The Morgan fingerprint density at radius 1 is 1.33 bits per heavy atom. The minimum Gasteiger partial charge on any atom is -0.459 e. The van der Waals surface area contributed by atoms with Gasteiger partial charge in [0.1, 0.15) is 17.6 Å². The van der Waals surface area contributed by atoms with E-state index in [0.29, 0.717) is 18.7 Å². The Kier molecular flexibility index (Phi) is 3.42. The number of esters is 1. The number of fused-ring (bicyclic) bond motifs is 2. The van der Waals surface area contributed by atoms with Crippen LogP contribution in [0.25, 0.3) is 0 Å². The summed E-state index contributed by atoms with van der Waals surface area (Å²) < 4.78 is 11.7. The Balaban J connectivity index is 1.72. The molecule has 0 aromatic heterocycles. The van der Waals surface area contributed by atoms with Gasteiger partial charge in [-0.15, -0.1) is 0 Å². The molecular formula is C19H20N2O6. The normalized spacial score (nSPS) is 38.7. The van der Waals surface area contributed by atoms with Crippen molar-refractivity contribution in [3.63, 3.8) is 0 Å². The fraction of sp³-hybridized carbons (Fsp3) is 0.526. The number of hydrogen-bond donors (Lipinski definition) is 1. The first-order valence-electron chi connectivity index (χ1n) is 9.06. The molecule has 6 unspecified atom stereocenters. The van der Waals surface area contributed by atoms with Gasteiger partial charge in [0.25, 0.3) is 5.91 Å². The summed E-state index contributed by atoms with van der Waals surface area (Å²) >= 11 is 0. The maximum absolute atomic E-state index is 13.6. The average Bonchev–Trinajstić information content (AvgIpc) is 2.97. The number of nitrogens with zero attached hydrogens (tertiary/aromatic N) is 1. The van der Waals surface area contributed by atoms with Gasteiger partial charge in [-0.25, -0.2) is 0 Å². The van der Waals surface area contributed by atoms with Crippen LogP contribution in [0.3, 0.4) is 0 Å². The van der Waals surface area contributed by atoms with Crippen molar-refractivity contribution in [3.8, 4) is 0 Å². The second kappa shape index (κ2) is 5.53. The summed E-state index contributed by atoms with van der Waals surface area (Å²) in [6, 6.07) is 7.18. The van der Waals surface area contributed by atoms with Gasteiger partial charge in [0.15, 0.2) is 0 Å². The monoisotopic (exact) mass is 372 g/mol. The molecule has 8 nitrogen and oxygen atoms in total. The number of amides is 2. The number of para-hydroxylation sites is 1. The first-order valence-corrected chi connectivity index (χ1v) is 9.06. The first-order chi connectivity index (χ1) is 13.0. The van der Waals surface area contributed by atoms with Crippen molar-refractivity contribution < 1.29 is 28.7 Å². The molecule has 8 heteroatoms. The number of carbonyl (C=O) groups excluding carboxylic acids is 3. The van der Waals surface area contributed by atoms with E-state index >= 15 is 0 Å². The summed E-state index contributed by atoms with van der Waals surface area (Å²) in [6.45, 7) is 1.65. The molecule has 1 N–H and O–H groups in total. The van der Waals surface area contributed by atoms with Crippen molar-refractivity contribution in [1.29, 1.82) is 0 Å². The number of ether oxygens (including phenoxy) is 2. The molecule has 142 valence electrons. The first kappa shape index (κ1) is 16.7. The zero-order valence-electron chi connectivity index (χ0n) is 15.0. The Hall–Kier alpha value is -2.45. The Morgan fingerprint density at radius 2 is 2.11 bits per heavy atom. The van der Waals surface area contributed by atoms with Gasteiger partial charge in [-0.1, -0.05) is 18.2 Å². The van der Waals surface area contributed by atoms with E-state index in [1.54, 1.807) is 0 Å². The van der Waals surface area contributed by atoms with Gasteiger partial charge in [-0.05, 0) is 18.1 Å². The zero-order chi connectivity index (χ0) is 18.9. The van der Waals surface area contributed by atoms with Gasteiger partial charge in [-0.2, -0.15) is 5.06 Å². The SMILES string of the molecule is CON1C(=O)C2(CC3NC(=O)C4C3COC2C4OC(C)=O)c2ccccc21. The molecule has 4 bridgehead atoms. The summed E-state index contributed by atoms with van der Waals surface area (Å²) in [5.41, 5.74) is 0.360. The number of benzene rings is 1. The van der Waals surface area contributed by atoms with Crippen molar-refractivity contribution >= 4 is 23.5 Å². The third-order valence-corrected chi connectivity index (χ3v) is 6.41.